The molecule has 1 fully saturated rings. The van der Waals surface area contributed by atoms with Gasteiger partial charge in [0.15, 0.2) is 0 Å². The molecule has 0 aromatic heterocycles. The number of carbonyl (C=O) groups is 9. The third kappa shape index (κ3) is 15.5. The Morgan fingerprint density at radius 2 is 1.49 bits per heavy atom. The summed E-state index contributed by atoms with van der Waals surface area (Å²) >= 11 is 0. The molecule has 7 atom stereocenters. The number of ether oxygens (including phenoxy) is 1. The number of carbonyl (C=O) groups excluding carboxylic acids is 8. The quantitative estimate of drug-likeness (QED) is 0.0937. The summed E-state index contributed by atoms with van der Waals surface area (Å²) in [5.74, 6) is -9.48. The largest absolute Gasteiger partial charge is 0.508 e. The normalized spacial score (nSPS) is 22.5. The molecule has 1 aromatic carbocycles. The number of rotatable bonds is 13. The second-order valence-electron chi connectivity index (χ2n) is 15.1. The van der Waals surface area contributed by atoms with Crippen molar-refractivity contribution >= 4 is 53.3 Å². The van der Waals surface area contributed by atoms with E-state index in [-0.39, 0.29) is 24.3 Å². The van der Waals surface area contributed by atoms with Gasteiger partial charge in [-0.1, -0.05) is 51.5 Å². The first kappa shape index (κ1) is 48.9. The molecular weight excluding hydrogens is 770 g/mol. The van der Waals surface area contributed by atoms with E-state index in [4.69, 9.17) is 4.74 Å². The van der Waals surface area contributed by atoms with Crippen molar-refractivity contribution in [1.29, 1.82) is 0 Å². The van der Waals surface area contributed by atoms with Crippen LogP contribution in [-0.4, -0.2) is 106 Å². The maximum Gasteiger partial charge on any atom is 0.329 e. The summed E-state index contributed by atoms with van der Waals surface area (Å²) in [4.78, 5) is 119. The number of aromatic hydroxyl groups is 1. The lowest BCUT2D eigenvalue weighted by Crippen LogP contribution is -2.62. The van der Waals surface area contributed by atoms with Gasteiger partial charge in [0, 0.05) is 18.9 Å². The lowest BCUT2D eigenvalue weighted by molar-refractivity contribution is -0.157. The van der Waals surface area contributed by atoms with Crippen LogP contribution < -0.4 is 37.2 Å². The van der Waals surface area contributed by atoms with Gasteiger partial charge in [0.1, 0.15) is 53.8 Å². The summed E-state index contributed by atoms with van der Waals surface area (Å²) in [7, 11) is 0. The fraction of sp³-hybridized carbons (Fsp3) is 0.525. The van der Waals surface area contributed by atoms with Crippen LogP contribution in [0.4, 0.5) is 0 Å². The Morgan fingerprint density at radius 1 is 0.864 bits per heavy atom. The van der Waals surface area contributed by atoms with E-state index in [1.54, 1.807) is 41.5 Å². The molecular formula is C40H57N7O12. The van der Waals surface area contributed by atoms with Gasteiger partial charge in [-0.25, -0.2) is 4.79 Å². The second kappa shape index (κ2) is 22.6. The van der Waals surface area contributed by atoms with Crippen molar-refractivity contribution in [2.24, 2.45) is 11.8 Å². The molecule has 0 spiro atoms. The van der Waals surface area contributed by atoms with Crippen LogP contribution in [0.3, 0.4) is 0 Å². The Hall–Kier alpha value is -6.27. The van der Waals surface area contributed by atoms with Crippen LogP contribution in [0.25, 0.3) is 0 Å². The lowest BCUT2D eigenvalue weighted by atomic mass is 10.00. The van der Waals surface area contributed by atoms with Crippen molar-refractivity contribution in [3.8, 4) is 5.75 Å². The molecule has 9 N–H and O–H groups in total. The van der Waals surface area contributed by atoms with Gasteiger partial charge in [-0.2, -0.15) is 0 Å². The molecule has 0 saturated carbocycles. The SMILES string of the molecule is C/C=C1\NC(=O)[C@H](C)NC(=O)C(NC(=O)[C@H](Cc2ccc(O)cc2)NC(=O)[C@@H](NC(=O)C=C(C)C)C(C)C)[C@@H](C)OC(=O)C(C(C)C)NC(=O)C(CCC(=O)O)NC1=O. The van der Waals surface area contributed by atoms with Crippen molar-refractivity contribution in [3.63, 3.8) is 0 Å². The minimum absolute atomic E-state index is 0.0639. The molecule has 1 aromatic rings. The van der Waals surface area contributed by atoms with Gasteiger partial charge in [0.25, 0.3) is 5.91 Å². The van der Waals surface area contributed by atoms with Crippen LogP contribution in [0, 0.1) is 11.8 Å². The highest BCUT2D eigenvalue weighted by Gasteiger charge is 2.38. The van der Waals surface area contributed by atoms with Crippen molar-refractivity contribution in [3.05, 3.63) is 53.3 Å². The molecule has 1 heterocycles. The minimum Gasteiger partial charge on any atom is -0.508 e. The number of carboxylic acids is 1. The molecule has 1 aliphatic rings. The van der Waals surface area contributed by atoms with Crippen LogP contribution in [0.1, 0.15) is 80.7 Å². The highest BCUT2D eigenvalue weighted by Crippen LogP contribution is 2.15. The van der Waals surface area contributed by atoms with E-state index < -0.39 is 114 Å². The highest BCUT2D eigenvalue weighted by molar-refractivity contribution is 6.02. The van der Waals surface area contributed by atoms with Gasteiger partial charge in [0.2, 0.25) is 35.4 Å². The Labute approximate surface area is 342 Å². The molecule has 1 saturated heterocycles. The Kier molecular flexibility index (Phi) is 18.7. The van der Waals surface area contributed by atoms with Crippen LogP contribution in [0.2, 0.25) is 0 Å². The maximum atomic E-state index is 14.2. The summed E-state index contributed by atoms with van der Waals surface area (Å²) < 4.78 is 5.66. The van der Waals surface area contributed by atoms with Crippen LogP contribution in [0.15, 0.2) is 47.7 Å². The van der Waals surface area contributed by atoms with E-state index in [1.165, 1.54) is 57.2 Å². The zero-order chi connectivity index (χ0) is 44.7. The van der Waals surface area contributed by atoms with E-state index in [0.29, 0.717) is 11.1 Å². The number of nitrogens with one attached hydrogen (secondary N) is 7. The highest BCUT2D eigenvalue weighted by atomic mass is 16.5. The van der Waals surface area contributed by atoms with Gasteiger partial charge in [-0.3, -0.25) is 38.4 Å². The van der Waals surface area contributed by atoms with Gasteiger partial charge in [-0.15, -0.1) is 0 Å². The summed E-state index contributed by atoms with van der Waals surface area (Å²) in [6.45, 7) is 13.9. The average Bonchev–Trinajstić information content (AvgIpc) is 3.14. The zero-order valence-corrected chi connectivity index (χ0v) is 34.8. The molecule has 2 rings (SSSR count). The van der Waals surface area contributed by atoms with Crippen LogP contribution >= 0.6 is 0 Å². The van der Waals surface area contributed by atoms with E-state index in [0.717, 1.165) is 0 Å². The Balaban J connectivity index is 2.61. The Morgan fingerprint density at radius 3 is 2.03 bits per heavy atom. The molecule has 3 unspecified atom stereocenters. The summed E-state index contributed by atoms with van der Waals surface area (Å²) in [5.41, 5.74) is 0.823. The molecule has 19 heteroatoms. The molecule has 59 heavy (non-hydrogen) atoms. The van der Waals surface area contributed by atoms with E-state index in [2.05, 4.69) is 37.2 Å². The summed E-state index contributed by atoms with van der Waals surface area (Å²) in [5, 5.41) is 36.6. The van der Waals surface area contributed by atoms with Crippen molar-refractivity contribution in [2.75, 3.05) is 0 Å². The number of aliphatic carboxylic acids is 1. The van der Waals surface area contributed by atoms with Crippen LogP contribution in [-0.2, 0) is 54.3 Å². The number of phenols is 1. The van der Waals surface area contributed by atoms with E-state index in [1.807, 2.05) is 0 Å². The predicted molar refractivity (Wildman–Crippen MR) is 212 cm³/mol. The third-order valence-corrected chi connectivity index (χ3v) is 9.06. The van der Waals surface area contributed by atoms with E-state index >= 15 is 0 Å². The number of benzene rings is 1. The second-order valence-corrected chi connectivity index (χ2v) is 15.1. The summed E-state index contributed by atoms with van der Waals surface area (Å²) in [6, 6.07) is -2.74. The number of esters is 1. The molecule has 0 aliphatic carbocycles. The number of allylic oxidation sites excluding steroid dienone is 2. The first-order valence-electron chi connectivity index (χ1n) is 19.2. The van der Waals surface area contributed by atoms with Gasteiger partial charge in [0.05, 0.1) is 0 Å². The Bertz CT molecular complexity index is 1800. The lowest BCUT2D eigenvalue weighted by Gasteiger charge is -2.31. The number of hydrogen-bond acceptors (Lipinski definition) is 11. The standard InChI is InChI=1S/C40H57N7O12/c1-10-26-35(53)43-27(15-16-30(50)51)36(54)46-32(21(6)7)40(58)59-23(9)33(39(57)41-22(8)34(52)42-26)47-37(55)28(18-24-11-13-25(48)14-12-24)44-38(56)31(20(4)5)45-29(49)17-19(2)3/h10-14,17,20-23,27-28,31-33,48H,15-16,18H2,1-9H3,(H,41,57)(H,42,52)(H,43,53)(H,44,56)(H,45,49)(H,46,54)(H,47,55)(H,50,51)/b26-10-/t22-,23+,27?,28-,31-,32?,33?/m0/s1. The van der Waals surface area contributed by atoms with Crippen molar-refractivity contribution in [2.45, 2.75) is 124 Å². The monoisotopic (exact) mass is 827 g/mol. The van der Waals surface area contributed by atoms with Gasteiger partial charge < -0.3 is 52.2 Å². The third-order valence-electron chi connectivity index (χ3n) is 9.06. The fourth-order valence-corrected chi connectivity index (χ4v) is 5.70. The van der Waals surface area contributed by atoms with E-state index in [9.17, 15) is 53.4 Å². The maximum absolute atomic E-state index is 14.2. The van der Waals surface area contributed by atoms with Gasteiger partial charge in [-0.05, 0) is 70.6 Å². The fourth-order valence-electron chi connectivity index (χ4n) is 5.70. The van der Waals surface area contributed by atoms with Gasteiger partial charge >= 0.3 is 11.9 Å². The van der Waals surface area contributed by atoms with Crippen LogP contribution in [0.5, 0.6) is 5.75 Å². The number of cyclic esters (lactones) is 1. The molecule has 1 aliphatic heterocycles. The zero-order valence-electron chi connectivity index (χ0n) is 34.8. The average molecular weight is 828 g/mol. The smallest absolute Gasteiger partial charge is 0.329 e. The summed E-state index contributed by atoms with van der Waals surface area (Å²) in [6.07, 6.45) is -0.0519. The number of phenolic OH excluding ortho intramolecular Hbond substituents is 1. The number of amides is 7. The van der Waals surface area contributed by atoms with Crippen molar-refractivity contribution < 1.29 is 58.1 Å². The first-order valence-corrected chi connectivity index (χ1v) is 19.2. The minimum atomic E-state index is -1.73. The first-order chi connectivity index (χ1) is 27.5. The molecule has 324 valence electrons. The molecule has 7 amide bonds. The number of carboxylic acid groups (broad SMARTS) is 1. The molecule has 0 radical (unpaired) electrons. The topological polar surface area (TPSA) is 288 Å². The van der Waals surface area contributed by atoms with Crippen molar-refractivity contribution in [1.82, 2.24) is 37.2 Å². The predicted octanol–water partition coefficient (Wildman–Crippen LogP) is -0.0283. The molecule has 0 bridgehead atoms. The number of hydrogen-bond donors (Lipinski definition) is 9. The molecule has 19 nitrogen and oxygen atoms in total.